The summed E-state index contributed by atoms with van der Waals surface area (Å²) in [5, 5.41) is 15.0. The van der Waals surface area contributed by atoms with E-state index in [1.54, 1.807) is 0 Å². The number of aromatic nitrogens is 3. The number of nitrogens with zero attached hydrogens (tertiary/aromatic N) is 5. The third kappa shape index (κ3) is 5.35. The minimum absolute atomic E-state index is 0.0217. The Labute approximate surface area is 277 Å². The molecule has 11 heteroatoms. The van der Waals surface area contributed by atoms with Crippen LogP contribution in [-0.2, 0) is 6.54 Å². The molecule has 4 aliphatic rings. The highest BCUT2D eigenvalue weighted by molar-refractivity contribution is 6.03. The minimum atomic E-state index is -0.760. The molecule has 2 aliphatic carbocycles. The van der Waals surface area contributed by atoms with Crippen molar-refractivity contribution in [3.8, 4) is 35.4 Å². The zero-order valence-electron chi connectivity index (χ0n) is 27.4. The third-order valence-corrected chi connectivity index (χ3v) is 10.8. The lowest BCUT2D eigenvalue weighted by Crippen LogP contribution is -2.58. The molecule has 2 aromatic heterocycles. The van der Waals surface area contributed by atoms with Crippen molar-refractivity contribution >= 4 is 27.5 Å². The Hall–Kier alpha value is -4.27. The van der Waals surface area contributed by atoms with Crippen LogP contribution >= 0.6 is 0 Å². The van der Waals surface area contributed by atoms with Crippen LogP contribution in [0.3, 0.4) is 0 Å². The summed E-state index contributed by atoms with van der Waals surface area (Å²) < 4.78 is 40.3. The van der Waals surface area contributed by atoms with Crippen LogP contribution in [0.25, 0.3) is 32.9 Å². The molecule has 4 aromatic rings. The molecular weight excluding hydrogens is 614 g/mol. The Bertz CT molecular complexity index is 2050. The highest BCUT2D eigenvalue weighted by Gasteiger charge is 2.44. The number of nitrogens with one attached hydrogen (secondary N) is 1. The van der Waals surface area contributed by atoms with E-state index in [9.17, 15) is 9.90 Å². The van der Waals surface area contributed by atoms with Gasteiger partial charge in [0.25, 0.3) is 5.56 Å². The quantitative estimate of drug-likeness (QED) is 0.246. The first-order valence-corrected chi connectivity index (χ1v) is 16.9. The third-order valence-electron chi connectivity index (χ3n) is 10.8. The maximum absolute atomic E-state index is 17.5. The van der Waals surface area contributed by atoms with Gasteiger partial charge in [0.15, 0.2) is 5.82 Å². The van der Waals surface area contributed by atoms with E-state index in [1.165, 1.54) is 28.8 Å². The number of phenols is 1. The van der Waals surface area contributed by atoms with Gasteiger partial charge in [-0.1, -0.05) is 12.0 Å². The summed E-state index contributed by atoms with van der Waals surface area (Å²) in [5.41, 5.74) is -0.372. The van der Waals surface area contributed by atoms with Crippen LogP contribution in [0, 0.1) is 40.7 Å². The van der Waals surface area contributed by atoms with Gasteiger partial charge in [0.05, 0.1) is 17.9 Å². The molecule has 2 aromatic carbocycles. The van der Waals surface area contributed by atoms with E-state index < -0.39 is 17.2 Å². The van der Waals surface area contributed by atoms with Gasteiger partial charge in [0, 0.05) is 55.6 Å². The average Bonchev–Trinajstić information content (AvgIpc) is 3.99. The van der Waals surface area contributed by atoms with Crippen molar-refractivity contribution in [2.75, 3.05) is 58.3 Å². The Kier molecular flexibility index (Phi) is 7.38. The van der Waals surface area contributed by atoms with Gasteiger partial charge in [-0.05, 0) is 87.5 Å². The standard InChI is InChI=1S/C37H40F2N6O3/c1-4-25-27(38)8-7-23-15-24(46)16-26(28(23)25)32-30(39)31-29(34(47)45(32)17-22-5-6-22)33(44-13-11-36(12-14-44)18-40-19-36)42-35(41-31)48-21-37(9-10-37)20-43(2)3/h1,7-8,15-16,22,40,46H,5-6,9-14,17-21H2,2-3H3. The van der Waals surface area contributed by atoms with Gasteiger partial charge >= 0.3 is 6.01 Å². The van der Waals surface area contributed by atoms with Crippen molar-refractivity contribution < 1.29 is 18.6 Å². The first-order valence-electron chi connectivity index (χ1n) is 16.9. The molecule has 0 radical (unpaired) electrons. The van der Waals surface area contributed by atoms with Crippen LogP contribution in [0.15, 0.2) is 29.1 Å². The molecule has 2 saturated heterocycles. The SMILES string of the molecule is C#Cc1c(F)ccc2cc(O)cc(-c3c(F)c4nc(OCC5(CN(C)C)CC5)nc(N5CCC6(CC5)CNC6)c4c(=O)n3CC3CC3)c12. The fourth-order valence-corrected chi connectivity index (χ4v) is 7.73. The van der Waals surface area contributed by atoms with Crippen molar-refractivity contribution in [1.82, 2.24) is 24.8 Å². The van der Waals surface area contributed by atoms with Gasteiger partial charge < -0.3 is 29.5 Å². The van der Waals surface area contributed by atoms with Gasteiger partial charge in [-0.2, -0.15) is 9.97 Å². The van der Waals surface area contributed by atoms with Crippen LogP contribution in [0.4, 0.5) is 14.6 Å². The van der Waals surface area contributed by atoms with Crippen LogP contribution in [0.5, 0.6) is 11.8 Å². The van der Waals surface area contributed by atoms with E-state index in [4.69, 9.17) is 16.1 Å². The fourth-order valence-electron chi connectivity index (χ4n) is 7.73. The average molecular weight is 655 g/mol. The maximum atomic E-state index is 17.5. The van der Waals surface area contributed by atoms with Crippen LogP contribution in [0.2, 0.25) is 0 Å². The second-order valence-electron chi connectivity index (χ2n) is 14.9. The predicted molar refractivity (Wildman–Crippen MR) is 181 cm³/mol. The molecule has 9 nitrogen and oxygen atoms in total. The Morgan fingerprint density at radius 2 is 1.85 bits per heavy atom. The number of rotatable bonds is 9. The molecule has 2 saturated carbocycles. The van der Waals surface area contributed by atoms with E-state index in [0.29, 0.717) is 30.9 Å². The number of pyridine rings is 1. The van der Waals surface area contributed by atoms with Gasteiger partial charge in [-0.15, -0.1) is 6.42 Å². The molecule has 0 unspecified atom stereocenters. The van der Waals surface area contributed by atoms with E-state index in [2.05, 4.69) is 26.0 Å². The van der Waals surface area contributed by atoms with E-state index in [-0.39, 0.29) is 68.2 Å². The van der Waals surface area contributed by atoms with E-state index in [0.717, 1.165) is 58.2 Å². The topological polar surface area (TPSA) is 95.8 Å². The predicted octanol–water partition coefficient (Wildman–Crippen LogP) is 4.90. The lowest BCUT2D eigenvalue weighted by atomic mass is 9.73. The molecule has 48 heavy (non-hydrogen) atoms. The molecule has 2 aliphatic heterocycles. The zero-order chi connectivity index (χ0) is 33.4. The molecule has 2 N–H and O–H groups in total. The molecule has 0 atom stereocenters. The monoisotopic (exact) mass is 654 g/mol. The minimum Gasteiger partial charge on any atom is -0.508 e. The number of hydrogen-bond acceptors (Lipinski definition) is 8. The number of piperidine rings is 1. The lowest BCUT2D eigenvalue weighted by Gasteiger charge is -2.48. The molecule has 0 bridgehead atoms. The molecule has 250 valence electrons. The Morgan fingerprint density at radius 3 is 2.48 bits per heavy atom. The molecule has 4 heterocycles. The van der Waals surface area contributed by atoms with Gasteiger partial charge in [-0.3, -0.25) is 4.79 Å². The van der Waals surface area contributed by atoms with Crippen molar-refractivity contribution in [3.05, 3.63) is 51.8 Å². The number of aromatic hydroxyl groups is 1. The van der Waals surface area contributed by atoms with E-state index in [1.807, 2.05) is 14.1 Å². The summed E-state index contributed by atoms with van der Waals surface area (Å²) in [6.45, 7) is 4.77. The smallest absolute Gasteiger partial charge is 0.319 e. The summed E-state index contributed by atoms with van der Waals surface area (Å²) in [5.74, 6) is 1.41. The fraction of sp³-hybridized carbons (Fsp3) is 0.486. The Balaban J connectivity index is 1.35. The molecule has 4 fully saturated rings. The number of benzene rings is 2. The van der Waals surface area contributed by atoms with Crippen molar-refractivity contribution in [3.63, 3.8) is 0 Å². The number of anilines is 1. The summed E-state index contributed by atoms with van der Waals surface area (Å²) >= 11 is 0. The van der Waals surface area contributed by atoms with Crippen molar-refractivity contribution in [2.24, 2.45) is 16.7 Å². The van der Waals surface area contributed by atoms with Crippen LogP contribution in [-0.4, -0.2) is 78.0 Å². The second kappa shape index (κ2) is 11.4. The van der Waals surface area contributed by atoms with Crippen molar-refractivity contribution in [2.45, 2.75) is 45.1 Å². The molecule has 0 amide bonds. The highest BCUT2D eigenvalue weighted by atomic mass is 19.1. The number of terminal acetylenes is 1. The molecular formula is C37H40F2N6O3. The summed E-state index contributed by atoms with van der Waals surface area (Å²) in [6, 6.07) is 5.54. The van der Waals surface area contributed by atoms with E-state index >= 15 is 8.78 Å². The molecule has 1 spiro atoms. The first kappa shape index (κ1) is 31.0. The number of phenolic OH excluding ortho intramolecular Hbond substituents is 1. The van der Waals surface area contributed by atoms with Gasteiger partial charge in [-0.25, -0.2) is 8.78 Å². The number of ether oxygens (including phenoxy) is 1. The van der Waals surface area contributed by atoms with Crippen molar-refractivity contribution in [1.29, 1.82) is 0 Å². The van der Waals surface area contributed by atoms with Gasteiger partial charge in [0.1, 0.15) is 28.3 Å². The second-order valence-corrected chi connectivity index (χ2v) is 14.9. The summed E-state index contributed by atoms with van der Waals surface area (Å²) in [6.07, 6.45) is 11.5. The lowest BCUT2D eigenvalue weighted by molar-refractivity contribution is 0.126. The van der Waals surface area contributed by atoms with Crippen LogP contribution < -0.4 is 20.5 Å². The summed E-state index contributed by atoms with van der Waals surface area (Å²) in [4.78, 5) is 28.4. The number of halogens is 2. The van der Waals surface area contributed by atoms with Crippen LogP contribution in [0.1, 0.15) is 44.1 Å². The highest BCUT2D eigenvalue weighted by Crippen LogP contribution is 2.47. The Morgan fingerprint density at radius 1 is 1.10 bits per heavy atom. The zero-order valence-corrected chi connectivity index (χ0v) is 27.4. The van der Waals surface area contributed by atoms with Gasteiger partial charge in [0.2, 0.25) is 0 Å². The summed E-state index contributed by atoms with van der Waals surface area (Å²) in [7, 11) is 4.05. The number of hydrogen-bond donors (Lipinski definition) is 2. The molecule has 8 rings (SSSR count). The largest absolute Gasteiger partial charge is 0.508 e. The first-order chi connectivity index (χ1) is 23.1. The maximum Gasteiger partial charge on any atom is 0.319 e. The number of fused-ring (bicyclic) bond motifs is 2. The normalized spacial score (nSPS) is 19.5.